The number of nitrogens with one attached hydrogen (secondary N) is 1. The molecule has 0 bridgehead atoms. The highest BCUT2D eigenvalue weighted by molar-refractivity contribution is 8.00. The van der Waals surface area contributed by atoms with E-state index >= 15 is 0 Å². The summed E-state index contributed by atoms with van der Waals surface area (Å²) in [6.07, 6.45) is 0.290. The highest BCUT2D eigenvalue weighted by Crippen LogP contribution is 2.40. The van der Waals surface area contributed by atoms with Gasteiger partial charge < -0.3 is 35.3 Å². The lowest BCUT2D eigenvalue weighted by Gasteiger charge is -2.49. The van der Waals surface area contributed by atoms with Gasteiger partial charge >= 0.3 is 12.1 Å². The number of nitrogens with two attached hydrogens (primary N) is 1. The number of furan rings is 1. The minimum atomic E-state index is -1.35. The van der Waals surface area contributed by atoms with E-state index in [4.69, 9.17) is 20.1 Å². The number of hydrogen-bond acceptors (Lipinski definition) is 10. The van der Waals surface area contributed by atoms with Gasteiger partial charge in [-0.15, -0.1) is 11.8 Å². The van der Waals surface area contributed by atoms with Crippen molar-refractivity contribution in [2.45, 2.75) is 18.3 Å². The Morgan fingerprint density at radius 2 is 2.03 bits per heavy atom. The van der Waals surface area contributed by atoms with Gasteiger partial charge in [0.15, 0.2) is 5.76 Å². The number of carbonyl (C=O) groups excluding carboxylic acids is 3. The van der Waals surface area contributed by atoms with Crippen LogP contribution >= 0.6 is 11.8 Å². The zero-order chi connectivity index (χ0) is 24.7. The lowest BCUT2D eigenvalue weighted by Crippen LogP contribution is -2.71. The minimum Gasteiger partial charge on any atom is -0.481 e. The molecule has 2 atom stereocenters. The number of aliphatic carboxylic acids is 2. The monoisotopic (exact) mass is 484 g/mol. The maximum atomic E-state index is 12.6. The number of thioether (sulfide) groups is 1. The zero-order valence-corrected chi connectivity index (χ0v) is 18.2. The summed E-state index contributed by atoms with van der Waals surface area (Å²) in [5.41, 5.74) is 4.68. The first kappa shape index (κ1) is 25.3. The van der Waals surface area contributed by atoms with Gasteiger partial charge in [-0.3, -0.25) is 19.3 Å². The van der Waals surface area contributed by atoms with E-state index in [1.165, 1.54) is 31.2 Å². The Bertz CT molecular complexity index is 1000. The highest BCUT2D eigenvalue weighted by atomic mass is 32.2. The van der Waals surface area contributed by atoms with E-state index in [-0.39, 0.29) is 35.1 Å². The van der Waals surface area contributed by atoms with Gasteiger partial charge in [0.1, 0.15) is 30.8 Å². The SMILES string of the molecule is CC(=O)O.CO/N=C(/C(=O)N[C@@H]1C(=O)N2C(C(=O)O)=C(COC(N)=O)CS[C@H]12)c1ccco1. The second-order valence-electron chi connectivity index (χ2n) is 6.34. The Morgan fingerprint density at radius 1 is 1.36 bits per heavy atom. The molecule has 0 aromatic carbocycles. The van der Waals surface area contributed by atoms with Crippen molar-refractivity contribution in [2.75, 3.05) is 19.5 Å². The largest absolute Gasteiger partial charge is 0.481 e. The lowest BCUT2D eigenvalue weighted by molar-refractivity contribution is -0.150. The normalized spacial score (nSPS) is 19.4. The number of primary amides is 1. The van der Waals surface area contributed by atoms with Gasteiger partial charge in [0.25, 0.3) is 17.8 Å². The average Bonchev–Trinajstić information content (AvgIpc) is 3.27. The van der Waals surface area contributed by atoms with Crippen LogP contribution in [0.2, 0.25) is 0 Å². The van der Waals surface area contributed by atoms with Crippen LogP contribution in [0.1, 0.15) is 12.7 Å². The summed E-state index contributed by atoms with van der Waals surface area (Å²) in [6.45, 7) is 0.737. The van der Waals surface area contributed by atoms with Crippen molar-refractivity contribution in [1.82, 2.24) is 10.2 Å². The quantitative estimate of drug-likeness (QED) is 0.221. The second-order valence-corrected chi connectivity index (χ2v) is 7.45. The van der Waals surface area contributed by atoms with E-state index in [9.17, 15) is 24.3 Å². The number of rotatable bonds is 7. The first-order chi connectivity index (χ1) is 15.6. The molecule has 3 amide bonds. The van der Waals surface area contributed by atoms with Crippen molar-refractivity contribution in [3.63, 3.8) is 0 Å². The van der Waals surface area contributed by atoms with Crippen LogP contribution in [0.4, 0.5) is 4.79 Å². The molecule has 3 heterocycles. The molecule has 3 rings (SSSR count). The number of nitrogens with zero attached hydrogens (tertiary/aromatic N) is 2. The molecule has 2 aliphatic heterocycles. The average molecular weight is 484 g/mol. The third kappa shape index (κ3) is 6.03. The van der Waals surface area contributed by atoms with Gasteiger partial charge in [-0.25, -0.2) is 9.59 Å². The highest BCUT2D eigenvalue weighted by Gasteiger charge is 2.54. The van der Waals surface area contributed by atoms with Gasteiger partial charge in [-0.1, -0.05) is 5.16 Å². The van der Waals surface area contributed by atoms with Crippen LogP contribution in [0, 0.1) is 0 Å². The van der Waals surface area contributed by atoms with Gasteiger partial charge in [-0.2, -0.15) is 0 Å². The number of carboxylic acid groups (broad SMARTS) is 2. The van der Waals surface area contributed by atoms with Crippen molar-refractivity contribution < 1.29 is 48.2 Å². The van der Waals surface area contributed by atoms with Crippen LogP contribution in [0.5, 0.6) is 0 Å². The molecule has 178 valence electrons. The van der Waals surface area contributed by atoms with E-state index in [1.807, 2.05) is 0 Å². The summed E-state index contributed by atoms with van der Waals surface area (Å²) >= 11 is 1.21. The third-order valence-electron chi connectivity index (χ3n) is 4.08. The number of carbonyl (C=O) groups is 5. The van der Waals surface area contributed by atoms with Crippen LogP contribution in [0.3, 0.4) is 0 Å². The molecule has 0 spiro atoms. The molecule has 0 saturated carbocycles. The van der Waals surface area contributed by atoms with Crippen LogP contribution in [-0.2, 0) is 28.8 Å². The number of ether oxygens (including phenoxy) is 1. The maximum absolute atomic E-state index is 12.6. The molecule has 0 radical (unpaired) electrons. The van der Waals surface area contributed by atoms with Crippen LogP contribution in [0.15, 0.2) is 39.2 Å². The number of oxime groups is 1. The fourth-order valence-corrected chi connectivity index (χ4v) is 4.19. The van der Waals surface area contributed by atoms with Crippen LogP contribution < -0.4 is 11.1 Å². The second kappa shape index (κ2) is 11.0. The molecule has 1 fully saturated rings. The number of β-lactam (4-membered cyclic amide) rings is 1. The summed E-state index contributed by atoms with van der Waals surface area (Å²) in [7, 11) is 1.25. The summed E-state index contributed by atoms with van der Waals surface area (Å²) < 4.78 is 9.79. The predicted octanol–water partition coefficient (Wildman–Crippen LogP) is -0.445. The molecular weight excluding hydrogens is 464 g/mol. The summed E-state index contributed by atoms with van der Waals surface area (Å²) in [5, 5.41) is 22.4. The number of amides is 3. The molecule has 0 unspecified atom stereocenters. The lowest BCUT2D eigenvalue weighted by atomic mass is 10.0. The predicted molar refractivity (Wildman–Crippen MR) is 111 cm³/mol. The van der Waals surface area contributed by atoms with Crippen molar-refractivity contribution in [3.8, 4) is 0 Å². The van der Waals surface area contributed by atoms with E-state index in [0.717, 1.165) is 11.8 Å². The molecule has 1 aromatic rings. The third-order valence-corrected chi connectivity index (χ3v) is 5.42. The molecule has 2 aliphatic rings. The fourth-order valence-electron chi connectivity index (χ4n) is 2.87. The molecule has 15 heteroatoms. The molecule has 0 aliphatic carbocycles. The Hall–Kier alpha value is -4.01. The topological polar surface area (TPSA) is 211 Å². The standard InChI is InChI=1S/C16H16N4O8S.C2H4O2/c1-26-19-9(8-3-2-4-27-8)12(21)18-10-13(22)20-11(15(23)24)7(5-28-16(17)25)6-29-14(10)20;1-2(3)4/h2-4,10,14H,5-6H2,1H3,(H2,17,25)(H,18,21)(H,23,24);1H3,(H,3,4)/b19-9+;/t10-,14-;/m1./s1. The van der Waals surface area contributed by atoms with Gasteiger partial charge in [-0.05, 0) is 12.1 Å². The van der Waals surface area contributed by atoms with Crippen LogP contribution in [0.25, 0.3) is 0 Å². The van der Waals surface area contributed by atoms with E-state index in [1.54, 1.807) is 6.07 Å². The Labute approximate surface area is 190 Å². The van der Waals surface area contributed by atoms with E-state index in [0.29, 0.717) is 0 Å². The van der Waals surface area contributed by atoms with Crippen molar-refractivity contribution in [3.05, 3.63) is 35.4 Å². The Balaban J connectivity index is 0.000000890. The van der Waals surface area contributed by atoms with Crippen LogP contribution in [-0.4, -0.2) is 81.6 Å². The summed E-state index contributed by atoms with van der Waals surface area (Å²) in [4.78, 5) is 62.3. The molecule has 5 N–H and O–H groups in total. The molecule has 1 aromatic heterocycles. The van der Waals surface area contributed by atoms with Gasteiger partial charge in [0, 0.05) is 18.2 Å². The number of hydrogen-bond donors (Lipinski definition) is 4. The van der Waals surface area contributed by atoms with Gasteiger partial charge in [0.05, 0.1) is 6.26 Å². The zero-order valence-electron chi connectivity index (χ0n) is 17.3. The summed E-state index contributed by atoms with van der Waals surface area (Å²) in [6, 6.07) is 2.08. The van der Waals surface area contributed by atoms with Crippen molar-refractivity contribution >= 4 is 47.3 Å². The Morgan fingerprint density at radius 3 is 2.55 bits per heavy atom. The smallest absolute Gasteiger partial charge is 0.404 e. The fraction of sp³-hybridized carbons (Fsp3) is 0.333. The van der Waals surface area contributed by atoms with Crippen molar-refractivity contribution in [2.24, 2.45) is 10.9 Å². The molecule has 33 heavy (non-hydrogen) atoms. The minimum absolute atomic E-state index is 0.140. The molecule has 1 saturated heterocycles. The molecular formula is C18H20N4O10S. The number of fused-ring (bicyclic) bond motifs is 1. The summed E-state index contributed by atoms with van der Waals surface area (Å²) in [5.74, 6) is -3.22. The first-order valence-corrected chi connectivity index (χ1v) is 10.1. The Kier molecular flexibility index (Phi) is 8.44. The van der Waals surface area contributed by atoms with E-state index in [2.05, 4.69) is 20.0 Å². The van der Waals surface area contributed by atoms with Crippen molar-refractivity contribution in [1.29, 1.82) is 0 Å². The van der Waals surface area contributed by atoms with Gasteiger partial charge in [0.2, 0.25) is 5.71 Å². The molecule has 14 nitrogen and oxygen atoms in total. The first-order valence-electron chi connectivity index (χ1n) is 9.06. The maximum Gasteiger partial charge on any atom is 0.404 e. The van der Waals surface area contributed by atoms with E-state index < -0.39 is 41.3 Å². The number of carboxylic acids is 2.